The van der Waals surface area contributed by atoms with Crippen molar-refractivity contribution in [3.8, 4) is 21.8 Å². The number of hydrogen-bond donors (Lipinski definition) is 1. The molecule has 0 aliphatic carbocycles. The second-order valence-corrected chi connectivity index (χ2v) is 9.77. The van der Waals surface area contributed by atoms with Crippen molar-refractivity contribution in [3.63, 3.8) is 0 Å². The Balaban J connectivity index is 1.50. The highest BCUT2D eigenvalue weighted by molar-refractivity contribution is 7.15. The van der Waals surface area contributed by atoms with Gasteiger partial charge in [0.2, 0.25) is 0 Å². The molecule has 0 saturated heterocycles. The molecule has 0 bridgehead atoms. The summed E-state index contributed by atoms with van der Waals surface area (Å²) in [5, 5.41) is 0. The van der Waals surface area contributed by atoms with E-state index in [4.69, 9.17) is 15.0 Å². The van der Waals surface area contributed by atoms with Crippen molar-refractivity contribution in [1.82, 2.24) is 24.5 Å². The number of pyridine rings is 1. The third-order valence-electron chi connectivity index (χ3n) is 6.30. The minimum Gasteiger partial charge on any atom is -0.337 e. The van der Waals surface area contributed by atoms with Crippen LogP contribution in [0.5, 0.6) is 0 Å². The van der Waals surface area contributed by atoms with E-state index in [1.165, 1.54) is 15.3 Å². The number of benzene rings is 1. The van der Waals surface area contributed by atoms with Crippen LogP contribution in [-0.4, -0.2) is 36.8 Å². The van der Waals surface area contributed by atoms with Gasteiger partial charge in [-0.25, -0.2) is 15.0 Å². The van der Waals surface area contributed by atoms with Crippen LogP contribution in [0.1, 0.15) is 34.2 Å². The summed E-state index contributed by atoms with van der Waals surface area (Å²) in [5.41, 5.74) is 8.00. The third kappa shape index (κ3) is 3.40. The molecule has 1 aliphatic heterocycles. The molecule has 0 atom stereocenters. The van der Waals surface area contributed by atoms with Gasteiger partial charge in [-0.15, -0.1) is 11.3 Å². The molecule has 6 nitrogen and oxygen atoms in total. The van der Waals surface area contributed by atoms with Crippen LogP contribution in [0.15, 0.2) is 53.7 Å². The van der Waals surface area contributed by atoms with Gasteiger partial charge in [-0.2, -0.15) is 0 Å². The first-order chi connectivity index (χ1) is 16.1. The zero-order valence-corrected chi connectivity index (χ0v) is 19.7. The Morgan fingerprint density at radius 3 is 2.73 bits per heavy atom. The molecule has 5 aromatic rings. The number of nitrogens with zero attached hydrogens (tertiary/aromatic N) is 5. The molecule has 0 unspecified atom stereocenters. The first-order valence-corrected chi connectivity index (χ1v) is 12.0. The highest BCUT2D eigenvalue weighted by atomic mass is 32.1. The maximum absolute atomic E-state index is 5.08. The lowest BCUT2D eigenvalue weighted by Gasteiger charge is -2.10. The zero-order valence-electron chi connectivity index (χ0n) is 18.9. The quantitative estimate of drug-likeness (QED) is 0.394. The number of para-hydroxylation sites is 1. The van der Waals surface area contributed by atoms with E-state index in [-0.39, 0.29) is 0 Å². The average Bonchev–Trinajstić information content (AvgIpc) is 3.49. The van der Waals surface area contributed by atoms with E-state index in [1.54, 1.807) is 11.3 Å². The van der Waals surface area contributed by atoms with Crippen LogP contribution in [-0.2, 0) is 13.5 Å². The summed E-state index contributed by atoms with van der Waals surface area (Å²) in [6, 6.07) is 14.9. The Bertz CT molecular complexity index is 1530. The van der Waals surface area contributed by atoms with Gasteiger partial charge in [0, 0.05) is 28.9 Å². The van der Waals surface area contributed by atoms with Gasteiger partial charge in [0.15, 0.2) is 5.82 Å². The van der Waals surface area contributed by atoms with Crippen LogP contribution in [0.4, 0.5) is 0 Å². The Labute approximate surface area is 196 Å². The summed E-state index contributed by atoms with van der Waals surface area (Å²) < 4.78 is 2.07. The summed E-state index contributed by atoms with van der Waals surface area (Å²) in [6.07, 6.45) is 3.84. The van der Waals surface area contributed by atoms with Gasteiger partial charge in [-0.3, -0.25) is 4.99 Å². The monoisotopic (exact) mass is 452 g/mol. The van der Waals surface area contributed by atoms with Crippen LogP contribution in [0.25, 0.3) is 32.9 Å². The van der Waals surface area contributed by atoms with Crippen molar-refractivity contribution in [2.75, 3.05) is 6.54 Å². The molecule has 0 spiro atoms. The Hall–Kier alpha value is -3.58. The van der Waals surface area contributed by atoms with E-state index in [9.17, 15) is 0 Å². The molecule has 5 heterocycles. The fourth-order valence-corrected chi connectivity index (χ4v) is 5.32. The summed E-state index contributed by atoms with van der Waals surface area (Å²) >= 11 is 1.79. The molecule has 0 amide bonds. The fourth-order valence-electron chi connectivity index (χ4n) is 4.42. The van der Waals surface area contributed by atoms with E-state index in [2.05, 4.69) is 63.9 Å². The number of aliphatic imine (C=N–C) groups is 1. The van der Waals surface area contributed by atoms with Crippen molar-refractivity contribution in [2.45, 2.75) is 26.7 Å². The van der Waals surface area contributed by atoms with Gasteiger partial charge < -0.3 is 9.55 Å². The number of aromatic nitrogens is 5. The third-order valence-corrected chi connectivity index (χ3v) is 7.34. The van der Waals surface area contributed by atoms with Crippen molar-refractivity contribution in [2.24, 2.45) is 12.0 Å². The minimum absolute atomic E-state index is 0.764. The number of aromatic amines is 1. The normalized spacial score (nSPS) is 13.7. The first-order valence-electron chi connectivity index (χ1n) is 11.2. The Kier molecular flexibility index (Phi) is 4.73. The average molecular weight is 453 g/mol. The standard InChI is InChI=1S/C26H24N6S/c1-15-9-12-22(33-15)18-7-4-8-20-24(18)31-26(30-20)25-23-17(6-5-13-27-25)10-11-19(29-23)21-14-28-16(2)32(21)3/h4,7-12,14H,5-6,13H2,1-3H3,(H,30,31). The molecular weight excluding hydrogens is 428 g/mol. The number of hydrogen-bond acceptors (Lipinski definition) is 5. The molecule has 4 aromatic heterocycles. The van der Waals surface area contributed by atoms with Crippen molar-refractivity contribution in [3.05, 3.63) is 76.4 Å². The van der Waals surface area contributed by atoms with E-state index in [1.807, 2.05) is 20.2 Å². The smallest absolute Gasteiger partial charge is 0.159 e. The number of aryl methyl sites for hydroxylation is 3. The van der Waals surface area contributed by atoms with Gasteiger partial charge in [-0.05, 0) is 56.5 Å². The Morgan fingerprint density at radius 1 is 1.03 bits per heavy atom. The number of fused-ring (bicyclic) bond motifs is 2. The molecule has 0 saturated carbocycles. The zero-order chi connectivity index (χ0) is 22.5. The second-order valence-electron chi connectivity index (χ2n) is 8.49. The van der Waals surface area contributed by atoms with E-state index in [0.717, 1.165) is 70.4 Å². The molecule has 7 heteroatoms. The Morgan fingerprint density at radius 2 is 1.94 bits per heavy atom. The van der Waals surface area contributed by atoms with Crippen molar-refractivity contribution >= 4 is 28.1 Å². The number of rotatable bonds is 3. The first kappa shape index (κ1) is 20.1. The van der Waals surface area contributed by atoms with Crippen LogP contribution in [0, 0.1) is 13.8 Å². The molecule has 33 heavy (non-hydrogen) atoms. The van der Waals surface area contributed by atoms with Crippen molar-refractivity contribution < 1.29 is 0 Å². The predicted molar refractivity (Wildman–Crippen MR) is 134 cm³/mol. The maximum Gasteiger partial charge on any atom is 0.159 e. The van der Waals surface area contributed by atoms with Gasteiger partial charge in [0.1, 0.15) is 11.5 Å². The number of imidazole rings is 2. The van der Waals surface area contributed by atoms with E-state index < -0.39 is 0 Å². The number of thiophene rings is 1. The lowest BCUT2D eigenvalue weighted by Crippen LogP contribution is -2.11. The SMILES string of the molecule is Cc1ccc(-c2cccc3[nH]c(C4=NCCCc5ccc(-c6cnc(C)n6C)nc54)nc23)s1. The van der Waals surface area contributed by atoms with Crippen LogP contribution < -0.4 is 0 Å². The molecule has 1 aromatic carbocycles. The highest BCUT2D eigenvalue weighted by Gasteiger charge is 2.22. The minimum atomic E-state index is 0.764. The molecule has 1 N–H and O–H groups in total. The molecular formula is C26H24N6S. The van der Waals surface area contributed by atoms with Crippen LogP contribution >= 0.6 is 11.3 Å². The van der Waals surface area contributed by atoms with Crippen molar-refractivity contribution in [1.29, 1.82) is 0 Å². The number of nitrogens with one attached hydrogen (secondary N) is 1. The molecule has 164 valence electrons. The van der Waals surface area contributed by atoms with Gasteiger partial charge >= 0.3 is 0 Å². The lowest BCUT2D eigenvalue weighted by atomic mass is 10.0. The van der Waals surface area contributed by atoms with Crippen LogP contribution in [0.3, 0.4) is 0 Å². The maximum atomic E-state index is 5.08. The molecule has 0 fully saturated rings. The molecule has 6 rings (SSSR count). The van der Waals surface area contributed by atoms with Crippen LogP contribution in [0.2, 0.25) is 0 Å². The predicted octanol–water partition coefficient (Wildman–Crippen LogP) is 5.49. The highest BCUT2D eigenvalue weighted by Crippen LogP contribution is 2.33. The van der Waals surface area contributed by atoms with Gasteiger partial charge in [0.05, 0.1) is 34.3 Å². The van der Waals surface area contributed by atoms with E-state index in [0.29, 0.717) is 0 Å². The largest absolute Gasteiger partial charge is 0.337 e. The summed E-state index contributed by atoms with van der Waals surface area (Å²) in [5.74, 6) is 1.74. The lowest BCUT2D eigenvalue weighted by molar-refractivity contribution is 0.841. The summed E-state index contributed by atoms with van der Waals surface area (Å²) in [7, 11) is 2.02. The molecule has 1 aliphatic rings. The summed E-state index contributed by atoms with van der Waals surface area (Å²) in [6.45, 7) is 4.90. The second kappa shape index (κ2) is 7.78. The van der Waals surface area contributed by atoms with Gasteiger partial charge in [-0.1, -0.05) is 18.2 Å². The van der Waals surface area contributed by atoms with E-state index >= 15 is 0 Å². The fraction of sp³-hybridized carbons (Fsp3) is 0.231. The topological polar surface area (TPSA) is 71.8 Å². The summed E-state index contributed by atoms with van der Waals surface area (Å²) in [4.78, 5) is 25.6. The number of H-pyrrole nitrogens is 1. The van der Waals surface area contributed by atoms with Gasteiger partial charge in [0.25, 0.3) is 0 Å². The molecule has 0 radical (unpaired) electrons.